The first kappa shape index (κ1) is 15.4. The van der Waals surface area contributed by atoms with Crippen LogP contribution >= 0.6 is 23.2 Å². The smallest absolute Gasteiger partial charge is 0.335 e. The van der Waals surface area contributed by atoms with Crippen LogP contribution in [0.4, 0.5) is 5.69 Å². The van der Waals surface area contributed by atoms with E-state index in [2.05, 4.69) is 5.32 Å². The van der Waals surface area contributed by atoms with Gasteiger partial charge in [-0.25, -0.2) is 4.79 Å². The maximum atomic E-state index is 12.2. The number of rotatable bonds is 3. The van der Waals surface area contributed by atoms with Crippen LogP contribution in [-0.4, -0.2) is 17.0 Å². The molecule has 0 fully saturated rings. The molecule has 2 aromatic carbocycles. The van der Waals surface area contributed by atoms with Crippen LogP contribution in [0, 0.1) is 6.92 Å². The van der Waals surface area contributed by atoms with Gasteiger partial charge >= 0.3 is 5.97 Å². The zero-order valence-electron chi connectivity index (χ0n) is 11.0. The minimum atomic E-state index is -1.08. The first-order valence-corrected chi connectivity index (χ1v) is 6.74. The van der Waals surface area contributed by atoms with Gasteiger partial charge in [0, 0.05) is 10.6 Å². The summed E-state index contributed by atoms with van der Waals surface area (Å²) in [6, 6.07) is 9.04. The predicted molar refractivity (Wildman–Crippen MR) is 82.6 cm³/mol. The van der Waals surface area contributed by atoms with Crippen molar-refractivity contribution in [3.63, 3.8) is 0 Å². The predicted octanol–water partition coefficient (Wildman–Crippen LogP) is 4.25. The first-order chi connectivity index (χ1) is 9.88. The molecule has 0 saturated heterocycles. The Labute approximate surface area is 131 Å². The summed E-state index contributed by atoms with van der Waals surface area (Å²) in [6.45, 7) is 1.77. The van der Waals surface area contributed by atoms with E-state index in [0.717, 1.165) is 5.56 Å². The second-order valence-electron chi connectivity index (χ2n) is 4.41. The van der Waals surface area contributed by atoms with E-state index in [9.17, 15) is 9.59 Å². The minimum absolute atomic E-state index is 0.0562. The highest BCUT2D eigenvalue weighted by Gasteiger charge is 2.13. The van der Waals surface area contributed by atoms with Gasteiger partial charge < -0.3 is 10.4 Å². The van der Waals surface area contributed by atoms with Crippen molar-refractivity contribution in [2.75, 3.05) is 5.32 Å². The summed E-state index contributed by atoms with van der Waals surface area (Å²) >= 11 is 11.8. The fourth-order valence-corrected chi connectivity index (χ4v) is 2.28. The second kappa shape index (κ2) is 6.16. The number of benzene rings is 2. The van der Waals surface area contributed by atoms with E-state index in [1.54, 1.807) is 25.1 Å². The molecule has 2 aromatic rings. The van der Waals surface area contributed by atoms with Gasteiger partial charge in [-0.05, 0) is 48.9 Å². The van der Waals surface area contributed by atoms with Crippen molar-refractivity contribution >= 4 is 40.8 Å². The number of hydrogen-bond donors (Lipinski definition) is 2. The third kappa shape index (κ3) is 3.54. The molecule has 4 nitrogen and oxygen atoms in total. The molecule has 0 spiro atoms. The summed E-state index contributed by atoms with van der Waals surface area (Å²) in [4.78, 5) is 23.0. The van der Waals surface area contributed by atoms with Crippen molar-refractivity contribution in [2.24, 2.45) is 0 Å². The Morgan fingerprint density at radius 1 is 1.10 bits per heavy atom. The molecular formula is C15H11Cl2NO3. The molecule has 21 heavy (non-hydrogen) atoms. The van der Waals surface area contributed by atoms with Gasteiger partial charge in [0.2, 0.25) is 0 Å². The zero-order valence-corrected chi connectivity index (χ0v) is 12.5. The quantitative estimate of drug-likeness (QED) is 0.887. The number of carbonyl (C=O) groups is 2. The summed E-state index contributed by atoms with van der Waals surface area (Å²) in [5, 5.41) is 12.2. The highest BCUT2D eigenvalue weighted by molar-refractivity contribution is 6.34. The Kier molecular flexibility index (Phi) is 4.50. The largest absolute Gasteiger partial charge is 0.478 e. The summed E-state index contributed by atoms with van der Waals surface area (Å²) in [6.07, 6.45) is 0. The van der Waals surface area contributed by atoms with Gasteiger partial charge in [0.1, 0.15) is 0 Å². The number of nitrogens with one attached hydrogen (secondary N) is 1. The van der Waals surface area contributed by atoms with Crippen LogP contribution in [0.1, 0.15) is 26.3 Å². The van der Waals surface area contributed by atoms with Crippen molar-refractivity contribution in [1.29, 1.82) is 0 Å². The highest BCUT2D eigenvalue weighted by Crippen LogP contribution is 2.24. The number of aromatic carboxylic acids is 1. The molecule has 0 saturated carbocycles. The van der Waals surface area contributed by atoms with Crippen LogP contribution in [0.25, 0.3) is 0 Å². The fourth-order valence-electron chi connectivity index (χ4n) is 1.82. The number of carbonyl (C=O) groups excluding carboxylic acids is 1. The highest BCUT2D eigenvalue weighted by atomic mass is 35.5. The topological polar surface area (TPSA) is 66.4 Å². The van der Waals surface area contributed by atoms with Crippen LogP contribution < -0.4 is 5.32 Å². The molecule has 108 valence electrons. The Morgan fingerprint density at radius 3 is 2.38 bits per heavy atom. The Bertz CT molecular complexity index is 729. The molecule has 0 atom stereocenters. The summed E-state index contributed by atoms with van der Waals surface area (Å²) in [7, 11) is 0. The van der Waals surface area contributed by atoms with Gasteiger partial charge in [-0.1, -0.05) is 23.2 Å². The average Bonchev–Trinajstić information content (AvgIpc) is 2.40. The minimum Gasteiger partial charge on any atom is -0.478 e. The molecule has 0 radical (unpaired) electrons. The van der Waals surface area contributed by atoms with E-state index in [-0.39, 0.29) is 16.5 Å². The number of halogens is 2. The van der Waals surface area contributed by atoms with E-state index in [0.29, 0.717) is 16.3 Å². The number of hydrogen-bond acceptors (Lipinski definition) is 2. The monoisotopic (exact) mass is 323 g/mol. The van der Waals surface area contributed by atoms with E-state index >= 15 is 0 Å². The number of carboxylic acids is 1. The van der Waals surface area contributed by atoms with Crippen LogP contribution in [0.15, 0.2) is 36.4 Å². The van der Waals surface area contributed by atoms with Gasteiger partial charge in [0.25, 0.3) is 5.91 Å². The molecule has 0 aliphatic carbocycles. The molecule has 6 heteroatoms. The number of amides is 1. The average molecular weight is 324 g/mol. The van der Waals surface area contributed by atoms with E-state index in [4.69, 9.17) is 28.3 Å². The first-order valence-electron chi connectivity index (χ1n) is 5.99. The van der Waals surface area contributed by atoms with Crippen molar-refractivity contribution in [3.05, 3.63) is 63.1 Å². The lowest BCUT2D eigenvalue weighted by Crippen LogP contribution is -2.13. The van der Waals surface area contributed by atoms with Gasteiger partial charge in [-0.2, -0.15) is 0 Å². The summed E-state index contributed by atoms with van der Waals surface area (Å²) in [5.74, 6) is -1.42. The van der Waals surface area contributed by atoms with E-state index in [1.807, 2.05) is 0 Å². The van der Waals surface area contributed by atoms with Crippen LogP contribution in [0.5, 0.6) is 0 Å². The molecule has 0 heterocycles. The van der Waals surface area contributed by atoms with E-state index < -0.39 is 5.97 Å². The summed E-state index contributed by atoms with van der Waals surface area (Å²) in [5.41, 5.74) is 1.61. The molecule has 0 aliphatic heterocycles. The van der Waals surface area contributed by atoms with Crippen LogP contribution in [0.2, 0.25) is 10.0 Å². The lowest BCUT2D eigenvalue weighted by molar-refractivity contribution is 0.0696. The van der Waals surface area contributed by atoms with Gasteiger partial charge in [0.15, 0.2) is 0 Å². The molecule has 0 aromatic heterocycles. The van der Waals surface area contributed by atoms with Crippen LogP contribution in [0.3, 0.4) is 0 Å². The van der Waals surface area contributed by atoms with Crippen molar-refractivity contribution in [1.82, 2.24) is 0 Å². The van der Waals surface area contributed by atoms with E-state index in [1.165, 1.54) is 18.2 Å². The zero-order chi connectivity index (χ0) is 15.6. The molecule has 2 N–H and O–H groups in total. The molecule has 0 bridgehead atoms. The third-order valence-corrected chi connectivity index (χ3v) is 3.45. The number of aryl methyl sites for hydroxylation is 1. The normalized spacial score (nSPS) is 10.2. The summed E-state index contributed by atoms with van der Waals surface area (Å²) < 4.78 is 0. The lowest BCUT2D eigenvalue weighted by atomic mass is 10.1. The van der Waals surface area contributed by atoms with Crippen molar-refractivity contribution in [3.8, 4) is 0 Å². The molecule has 0 unspecified atom stereocenters. The molecule has 2 rings (SSSR count). The number of carboxylic acid groups (broad SMARTS) is 1. The maximum absolute atomic E-state index is 12.2. The lowest BCUT2D eigenvalue weighted by Gasteiger charge is -2.10. The number of anilines is 1. The van der Waals surface area contributed by atoms with Crippen molar-refractivity contribution in [2.45, 2.75) is 6.92 Å². The van der Waals surface area contributed by atoms with Crippen molar-refractivity contribution < 1.29 is 14.7 Å². The third-order valence-electron chi connectivity index (χ3n) is 2.90. The maximum Gasteiger partial charge on any atom is 0.335 e. The fraction of sp³-hybridized carbons (Fsp3) is 0.0667. The van der Waals surface area contributed by atoms with Crippen LogP contribution in [-0.2, 0) is 0 Å². The molecule has 1 amide bonds. The Hall–Kier alpha value is -2.04. The van der Waals surface area contributed by atoms with Gasteiger partial charge in [-0.3, -0.25) is 4.79 Å². The Morgan fingerprint density at radius 2 is 1.81 bits per heavy atom. The standard InChI is InChI=1S/C15H11Cl2NO3/c1-8-6-10(16)3-4-11(8)14(19)18-13-5-2-9(15(20)21)7-12(13)17/h2-7H,1H3,(H,18,19)(H,20,21). The molecule has 0 aliphatic rings. The second-order valence-corrected chi connectivity index (χ2v) is 5.26. The van der Waals surface area contributed by atoms with Gasteiger partial charge in [-0.15, -0.1) is 0 Å². The SMILES string of the molecule is Cc1cc(Cl)ccc1C(=O)Nc1ccc(C(=O)O)cc1Cl. The van der Waals surface area contributed by atoms with Gasteiger partial charge in [0.05, 0.1) is 16.3 Å². The Balaban J connectivity index is 2.25. The molecular weight excluding hydrogens is 313 g/mol.